The Labute approximate surface area is 192 Å². The number of hydrogen-bond donors (Lipinski definition) is 2. The Balaban J connectivity index is 1.52. The maximum absolute atomic E-state index is 13.5. The first kappa shape index (κ1) is 22.7. The summed E-state index contributed by atoms with van der Waals surface area (Å²) in [6.07, 6.45) is 0.623. The van der Waals surface area contributed by atoms with Gasteiger partial charge in [0.25, 0.3) is 5.91 Å². The van der Waals surface area contributed by atoms with Gasteiger partial charge in [0, 0.05) is 34.6 Å². The van der Waals surface area contributed by atoms with Gasteiger partial charge in [-0.25, -0.2) is 4.79 Å². The van der Waals surface area contributed by atoms with E-state index in [1.165, 1.54) is 23.2 Å². The standard InChI is InChI=1S/C23H19F3N4O2S/c1-33-20-11-14-7-9-30(19(14)12-18(20)23(24,25)26)22(32)29-16-5-2-4-15(10-16)21(31)28-17-6-3-8-27-13-17/h2-6,8,10-13H,7,9H2,1H3,(H,28,31)(H,29,32). The summed E-state index contributed by atoms with van der Waals surface area (Å²) < 4.78 is 40.4. The lowest BCUT2D eigenvalue weighted by atomic mass is 10.1. The van der Waals surface area contributed by atoms with Crippen molar-refractivity contribution >= 4 is 40.8 Å². The van der Waals surface area contributed by atoms with Crippen molar-refractivity contribution < 1.29 is 22.8 Å². The fourth-order valence-corrected chi connectivity index (χ4v) is 4.24. The Morgan fingerprint density at radius 1 is 1.06 bits per heavy atom. The topological polar surface area (TPSA) is 74.3 Å². The van der Waals surface area contributed by atoms with Gasteiger partial charge in [-0.15, -0.1) is 11.8 Å². The third-order valence-electron chi connectivity index (χ3n) is 5.14. The van der Waals surface area contributed by atoms with E-state index in [0.29, 0.717) is 28.9 Å². The van der Waals surface area contributed by atoms with Crippen LogP contribution in [0.3, 0.4) is 0 Å². The molecule has 10 heteroatoms. The number of nitrogens with zero attached hydrogens (tertiary/aromatic N) is 2. The number of carbonyl (C=O) groups excluding carboxylic acids is 2. The second-order valence-electron chi connectivity index (χ2n) is 7.29. The zero-order valence-electron chi connectivity index (χ0n) is 17.4. The molecule has 0 bridgehead atoms. The third-order valence-corrected chi connectivity index (χ3v) is 5.92. The van der Waals surface area contributed by atoms with Crippen LogP contribution in [0.2, 0.25) is 0 Å². The number of benzene rings is 2. The summed E-state index contributed by atoms with van der Waals surface area (Å²) in [5.41, 5.74) is 1.35. The third kappa shape index (κ3) is 4.95. The van der Waals surface area contributed by atoms with Gasteiger partial charge < -0.3 is 10.6 Å². The maximum Gasteiger partial charge on any atom is 0.417 e. The number of thioether (sulfide) groups is 1. The molecule has 2 heterocycles. The number of aromatic nitrogens is 1. The Bertz CT molecular complexity index is 1200. The quantitative estimate of drug-likeness (QED) is 0.480. The van der Waals surface area contributed by atoms with Crippen LogP contribution in [0, 0.1) is 0 Å². The summed E-state index contributed by atoms with van der Waals surface area (Å²) in [5.74, 6) is -0.384. The predicted octanol–water partition coefficient (Wildman–Crippen LogP) is 5.67. The molecule has 2 aromatic carbocycles. The Hall–Kier alpha value is -3.53. The SMILES string of the molecule is CSc1cc2c(cc1C(F)(F)F)N(C(=O)Nc1cccc(C(=O)Nc3cccnc3)c1)CC2. The summed E-state index contributed by atoms with van der Waals surface area (Å²) in [4.78, 5) is 30.7. The highest BCUT2D eigenvalue weighted by Crippen LogP contribution is 2.42. The number of hydrogen-bond acceptors (Lipinski definition) is 4. The first-order chi connectivity index (χ1) is 15.8. The van der Waals surface area contributed by atoms with Gasteiger partial charge >= 0.3 is 12.2 Å². The van der Waals surface area contributed by atoms with Crippen LogP contribution in [0.4, 0.5) is 35.0 Å². The lowest BCUT2D eigenvalue weighted by Crippen LogP contribution is -2.33. The van der Waals surface area contributed by atoms with Gasteiger partial charge in [0.15, 0.2) is 0 Å². The van der Waals surface area contributed by atoms with Crippen molar-refractivity contribution in [2.75, 3.05) is 28.3 Å². The number of anilines is 3. The highest BCUT2D eigenvalue weighted by molar-refractivity contribution is 7.98. The Kier molecular flexibility index (Phi) is 6.28. The molecule has 0 atom stereocenters. The highest BCUT2D eigenvalue weighted by Gasteiger charge is 2.36. The van der Waals surface area contributed by atoms with Gasteiger partial charge in [0.1, 0.15) is 0 Å². The highest BCUT2D eigenvalue weighted by atomic mass is 32.2. The van der Waals surface area contributed by atoms with Gasteiger partial charge in [-0.2, -0.15) is 13.2 Å². The van der Waals surface area contributed by atoms with Gasteiger partial charge in [0.2, 0.25) is 0 Å². The molecule has 6 nitrogen and oxygen atoms in total. The second kappa shape index (κ2) is 9.14. The van der Waals surface area contributed by atoms with E-state index in [9.17, 15) is 22.8 Å². The summed E-state index contributed by atoms with van der Waals surface area (Å²) in [7, 11) is 0. The lowest BCUT2D eigenvalue weighted by molar-refractivity contribution is -0.139. The molecule has 33 heavy (non-hydrogen) atoms. The molecule has 170 valence electrons. The van der Waals surface area contributed by atoms with Crippen LogP contribution in [0.15, 0.2) is 65.8 Å². The van der Waals surface area contributed by atoms with Crippen molar-refractivity contribution in [3.8, 4) is 0 Å². The first-order valence-electron chi connectivity index (χ1n) is 9.94. The number of nitrogens with one attached hydrogen (secondary N) is 2. The smallest absolute Gasteiger partial charge is 0.321 e. The summed E-state index contributed by atoms with van der Waals surface area (Å²) in [5, 5.41) is 5.38. The molecule has 0 saturated heterocycles. The lowest BCUT2D eigenvalue weighted by Gasteiger charge is -2.20. The number of halogens is 3. The van der Waals surface area contributed by atoms with E-state index in [1.807, 2.05) is 0 Å². The fraction of sp³-hybridized carbons (Fsp3) is 0.174. The minimum Gasteiger partial charge on any atom is -0.321 e. The molecule has 1 aromatic heterocycles. The van der Waals surface area contributed by atoms with E-state index in [-0.39, 0.29) is 23.0 Å². The van der Waals surface area contributed by atoms with Crippen LogP contribution in [0.1, 0.15) is 21.5 Å². The molecule has 2 N–H and O–H groups in total. The van der Waals surface area contributed by atoms with Crippen molar-refractivity contribution in [1.29, 1.82) is 0 Å². The zero-order valence-corrected chi connectivity index (χ0v) is 18.3. The van der Waals surface area contributed by atoms with Gasteiger partial charge in [-0.3, -0.25) is 14.7 Å². The van der Waals surface area contributed by atoms with Crippen molar-refractivity contribution in [2.24, 2.45) is 0 Å². The average Bonchev–Trinajstić information content (AvgIpc) is 3.21. The van der Waals surface area contributed by atoms with E-state index in [0.717, 1.165) is 17.8 Å². The van der Waals surface area contributed by atoms with E-state index < -0.39 is 17.8 Å². The minimum atomic E-state index is -4.52. The number of fused-ring (bicyclic) bond motifs is 1. The van der Waals surface area contributed by atoms with Crippen LogP contribution in [-0.2, 0) is 12.6 Å². The van der Waals surface area contributed by atoms with Crippen LogP contribution < -0.4 is 15.5 Å². The zero-order chi connectivity index (χ0) is 23.6. The van der Waals surface area contributed by atoms with Gasteiger partial charge in [0.05, 0.1) is 17.4 Å². The molecule has 0 aliphatic carbocycles. The molecule has 0 spiro atoms. The molecule has 3 amide bonds. The molecular formula is C23H19F3N4O2S. The number of alkyl halides is 3. The largest absolute Gasteiger partial charge is 0.417 e. The second-order valence-corrected chi connectivity index (χ2v) is 8.14. The number of carbonyl (C=O) groups is 2. The Morgan fingerprint density at radius 3 is 2.55 bits per heavy atom. The number of rotatable bonds is 4. The van der Waals surface area contributed by atoms with E-state index >= 15 is 0 Å². The molecule has 0 unspecified atom stereocenters. The number of amides is 3. The van der Waals surface area contributed by atoms with Crippen molar-refractivity contribution in [3.05, 3.63) is 77.6 Å². The average molecular weight is 472 g/mol. The van der Waals surface area contributed by atoms with Gasteiger partial charge in [-0.1, -0.05) is 6.07 Å². The summed E-state index contributed by atoms with van der Waals surface area (Å²) in [6.45, 7) is 0.261. The van der Waals surface area contributed by atoms with Crippen LogP contribution in [0.25, 0.3) is 0 Å². The van der Waals surface area contributed by atoms with Crippen molar-refractivity contribution in [1.82, 2.24) is 4.98 Å². The molecule has 0 radical (unpaired) electrons. The molecule has 0 fully saturated rings. The van der Waals surface area contributed by atoms with E-state index in [2.05, 4.69) is 15.6 Å². The van der Waals surface area contributed by atoms with Gasteiger partial charge in [-0.05, 0) is 60.7 Å². The normalized spacial score (nSPS) is 12.9. The number of urea groups is 1. The summed E-state index contributed by atoms with van der Waals surface area (Å²) in [6, 6.07) is 11.6. The van der Waals surface area contributed by atoms with Crippen LogP contribution in [0.5, 0.6) is 0 Å². The molecule has 3 aromatic rings. The van der Waals surface area contributed by atoms with Crippen LogP contribution in [-0.4, -0.2) is 29.7 Å². The van der Waals surface area contributed by atoms with E-state index in [1.54, 1.807) is 42.8 Å². The molecule has 0 saturated carbocycles. The van der Waals surface area contributed by atoms with E-state index in [4.69, 9.17) is 0 Å². The van der Waals surface area contributed by atoms with Crippen LogP contribution >= 0.6 is 11.8 Å². The summed E-state index contributed by atoms with van der Waals surface area (Å²) >= 11 is 1.02. The first-order valence-corrected chi connectivity index (χ1v) is 11.2. The molecular weight excluding hydrogens is 453 g/mol. The molecule has 1 aliphatic rings. The minimum absolute atomic E-state index is 0.135. The molecule has 4 rings (SSSR count). The maximum atomic E-state index is 13.5. The fourth-order valence-electron chi connectivity index (χ4n) is 3.59. The monoisotopic (exact) mass is 472 g/mol. The molecule has 1 aliphatic heterocycles. The predicted molar refractivity (Wildman–Crippen MR) is 122 cm³/mol. The van der Waals surface area contributed by atoms with Crippen molar-refractivity contribution in [2.45, 2.75) is 17.5 Å². The number of pyridine rings is 1. The Morgan fingerprint density at radius 2 is 1.85 bits per heavy atom. The van der Waals surface area contributed by atoms with Crippen molar-refractivity contribution in [3.63, 3.8) is 0 Å².